The summed E-state index contributed by atoms with van der Waals surface area (Å²) in [6, 6.07) is 19.7. The number of nitrogens with zero attached hydrogens (tertiary/aromatic N) is 3. The van der Waals surface area contributed by atoms with Gasteiger partial charge in [-0.05, 0) is 80.3 Å². The number of fused-ring (bicyclic) bond motifs is 3. The Morgan fingerprint density at radius 1 is 1.06 bits per heavy atom. The zero-order valence-electron chi connectivity index (χ0n) is 19.6. The van der Waals surface area contributed by atoms with E-state index in [0.29, 0.717) is 11.2 Å². The second kappa shape index (κ2) is 10.6. The molecule has 5 nitrogen and oxygen atoms in total. The second-order valence-corrected chi connectivity index (χ2v) is 10.1. The molecule has 0 amide bonds. The van der Waals surface area contributed by atoms with Gasteiger partial charge in [-0.25, -0.2) is 0 Å². The largest absolute Gasteiger partial charge is 0.378 e. The van der Waals surface area contributed by atoms with Gasteiger partial charge in [-0.2, -0.15) is 0 Å². The lowest BCUT2D eigenvalue weighted by Crippen LogP contribution is -2.58. The molecule has 2 aromatic rings. The van der Waals surface area contributed by atoms with Crippen molar-refractivity contribution in [2.75, 3.05) is 57.5 Å². The summed E-state index contributed by atoms with van der Waals surface area (Å²) in [5.41, 5.74) is 3.61. The monoisotopic (exact) mass is 451 g/mol. The van der Waals surface area contributed by atoms with Gasteiger partial charge in [0.2, 0.25) is 0 Å². The molecule has 0 aromatic heterocycles. The first-order valence-corrected chi connectivity index (χ1v) is 12.2. The maximum Gasteiger partial charge on any atom is 0.170 e. The van der Waals surface area contributed by atoms with Crippen LogP contribution in [0.4, 0.5) is 11.4 Å². The Balaban J connectivity index is 1.22. The molecule has 3 fully saturated rings. The molecule has 3 saturated heterocycles. The van der Waals surface area contributed by atoms with Crippen LogP contribution in [0.5, 0.6) is 0 Å². The van der Waals surface area contributed by atoms with Crippen LogP contribution in [0.1, 0.15) is 18.4 Å². The summed E-state index contributed by atoms with van der Waals surface area (Å²) >= 11 is 5.56. The van der Waals surface area contributed by atoms with E-state index in [1.165, 1.54) is 43.7 Å². The maximum atomic E-state index is 5.56. The van der Waals surface area contributed by atoms with E-state index in [0.717, 1.165) is 30.6 Å². The first-order valence-electron chi connectivity index (χ1n) is 11.8. The van der Waals surface area contributed by atoms with Crippen LogP contribution in [0.3, 0.4) is 0 Å². The molecule has 3 heterocycles. The van der Waals surface area contributed by atoms with Crippen molar-refractivity contribution in [3.05, 3.63) is 60.2 Å². The van der Waals surface area contributed by atoms with Crippen molar-refractivity contribution in [1.82, 2.24) is 15.1 Å². The van der Waals surface area contributed by atoms with Crippen LogP contribution in [0, 0.1) is 11.8 Å². The van der Waals surface area contributed by atoms with Gasteiger partial charge < -0.3 is 20.4 Å². The number of nitrogens with one attached hydrogen (secondary N) is 2. The number of rotatable bonds is 8. The van der Waals surface area contributed by atoms with Crippen LogP contribution in [0.15, 0.2) is 54.6 Å². The Morgan fingerprint density at radius 3 is 2.47 bits per heavy atom. The number of thiocarbonyl (C=S) groups is 1. The zero-order valence-corrected chi connectivity index (χ0v) is 20.4. The molecule has 4 atom stereocenters. The highest BCUT2D eigenvalue weighted by Gasteiger charge is 2.40. The SMILES string of the molecule is CN(Cc1ccccc1)C[C@H]1CN2CC[C@H]1C[C@@H]2CNC(=S)Nc1ccc(N(C)C)cc1. The summed E-state index contributed by atoms with van der Waals surface area (Å²) in [7, 11) is 6.36. The molecule has 0 aliphatic carbocycles. The second-order valence-electron chi connectivity index (χ2n) is 9.65. The molecule has 2 bridgehead atoms. The van der Waals surface area contributed by atoms with Crippen molar-refractivity contribution < 1.29 is 0 Å². The van der Waals surface area contributed by atoms with Gasteiger partial charge in [-0.3, -0.25) is 4.90 Å². The topological polar surface area (TPSA) is 33.8 Å². The number of piperidine rings is 3. The summed E-state index contributed by atoms with van der Waals surface area (Å²) in [6.45, 7) is 5.57. The van der Waals surface area contributed by atoms with E-state index in [9.17, 15) is 0 Å². The molecule has 2 aromatic carbocycles. The number of anilines is 2. The Labute approximate surface area is 198 Å². The molecule has 32 heavy (non-hydrogen) atoms. The highest BCUT2D eigenvalue weighted by atomic mass is 32.1. The first-order chi connectivity index (χ1) is 15.5. The minimum Gasteiger partial charge on any atom is -0.378 e. The Morgan fingerprint density at radius 2 is 1.81 bits per heavy atom. The highest BCUT2D eigenvalue weighted by molar-refractivity contribution is 7.80. The average Bonchev–Trinajstić information content (AvgIpc) is 2.79. The molecule has 2 N–H and O–H groups in total. The third-order valence-electron chi connectivity index (χ3n) is 7.00. The standard InChI is InChI=1S/C26H37N5S/c1-29(2)24-11-9-23(10-12-24)28-26(32)27-16-25-15-21-13-14-31(25)19-22(21)18-30(3)17-20-7-5-4-6-8-20/h4-12,21-22,25H,13-19H2,1-3H3,(H2,27,28,32)/t21-,22-,25+/m0/s1. The quantitative estimate of drug-likeness (QED) is 0.593. The molecule has 0 spiro atoms. The minimum atomic E-state index is 0.584. The van der Waals surface area contributed by atoms with Gasteiger partial charge in [0.1, 0.15) is 0 Å². The smallest absolute Gasteiger partial charge is 0.170 e. The van der Waals surface area contributed by atoms with Gasteiger partial charge in [0.05, 0.1) is 0 Å². The maximum absolute atomic E-state index is 5.56. The molecule has 0 saturated carbocycles. The van der Waals surface area contributed by atoms with Gasteiger partial charge in [0.25, 0.3) is 0 Å². The van der Waals surface area contributed by atoms with E-state index in [4.69, 9.17) is 12.2 Å². The lowest BCUT2D eigenvalue weighted by Gasteiger charge is -2.50. The zero-order chi connectivity index (χ0) is 22.5. The lowest BCUT2D eigenvalue weighted by atomic mass is 9.75. The van der Waals surface area contributed by atoms with E-state index in [-0.39, 0.29) is 0 Å². The van der Waals surface area contributed by atoms with E-state index in [1.54, 1.807) is 0 Å². The summed E-state index contributed by atoms with van der Waals surface area (Å²) in [4.78, 5) is 7.28. The third-order valence-corrected chi connectivity index (χ3v) is 7.24. The van der Waals surface area contributed by atoms with Gasteiger partial charge in [-0.1, -0.05) is 30.3 Å². The Bertz CT molecular complexity index is 870. The summed E-state index contributed by atoms with van der Waals surface area (Å²) in [5, 5.41) is 7.51. The van der Waals surface area contributed by atoms with Crippen molar-refractivity contribution in [3.8, 4) is 0 Å². The highest BCUT2D eigenvalue weighted by Crippen LogP contribution is 2.36. The van der Waals surface area contributed by atoms with Crippen LogP contribution in [0.25, 0.3) is 0 Å². The fourth-order valence-corrected chi connectivity index (χ4v) is 5.46. The molecule has 5 rings (SSSR count). The van der Waals surface area contributed by atoms with Crippen molar-refractivity contribution in [2.45, 2.75) is 25.4 Å². The summed E-state index contributed by atoms with van der Waals surface area (Å²) < 4.78 is 0. The van der Waals surface area contributed by atoms with Gasteiger partial charge in [0.15, 0.2) is 5.11 Å². The van der Waals surface area contributed by atoms with Crippen molar-refractivity contribution in [2.24, 2.45) is 11.8 Å². The summed E-state index contributed by atoms with van der Waals surface area (Å²) in [6.07, 6.45) is 2.61. The molecule has 3 aliphatic heterocycles. The summed E-state index contributed by atoms with van der Waals surface area (Å²) in [5.74, 6) is 1.60. The Kier molecular flexibility index (Phi) is 7.66. The van der Waals surface area contributed by atoms with Crippen LogP contribution in [0.2, 0.25) is 0 Å². The first kappa shape index (κ1) is 23.0. The van der Waals surface area contributed by atoms with E-state index >= 15 is 0 Å². The number of hydrogen-bond acceptors (Lipinski definition) is 4. The van der Waals surface area contributed by atoms with E-state index in [2.05, 4.69) is 87.0 Å². The molecular weight excluding hydrogens is 414 g/mol. The molecule has 6 heteroatoms. The number of hydrogen-bond donors (Lipinski definition) is 2. The number of benzene rings is 2. The van der Waals surface area contributed by atoms with Gasteiger partial charge in [0, 0.05) is 57.7 Å². The predicted octanol–water partition coefficient (Wildman–Crippen LogP) is 3.88. The minimum absolute atomic E-state index is 0.584. The Hall–Kier alpha value is -2.15. The molecule has 1 unspecified atom stereocenters. The normalized spacial score (nSPS) is 24.4. The fraction of sp³-hybridized carbons (Fsp3) is 0.500. The lowest BCUT2D eigenvalue weighted by molar-refractivity contribution is -0.00845. The fourth-order valence-electron chi connectivity index (χ4n) is 5.26. The molecule has 0 radical (unpaired) electrons. The van der Waals surface area contributed by atoms with Gasteiger partial charge >= 0.3 is 0 Å². The van der Waals surface area contributed by atoms with E-state index in [1.807, 2.05) is 14.1 Å². The van der Waals surface area contributed by atoms with Crippen molar-refractivity contribution >= 4 is 28.7 Å². The molecular formula is C26H37N5S. The van der Waals surface area contributed by atoms with Crippen LogP contribution in [-0.2, 0) is 6.54 Å². The molecule has 172 valence electrons. The van der Waals surface area contributed by atoms with Crippen molar-refractivity contribution in [1.29, 1.82) is 0 Å². The van der Waals surface area contributed by atoms with Crippen LogP contribution >= 0.6 is 12.2 Å². The van der Waals surface area contributed by atoms with Crippen LogP contribution in [-0.4, -0.2) is 68.3 Å². The van der Waals surface area contributed by atoms with Crippen LogP contribution < -0.4 is 15.5 Å². The van der Waals surface area contributed by atoms with Gasteiger partial charge in [-0.15, -0.1) is 0 Å². The van der Waals surface area contributed by atoms with Crippen molar-refractivity contribution in [3.63, 3.8) is 0 Å². The van der Waals surface area contributed by atoms with E-state index < -0.39 is 0 Å². The predicted molar refractivity (Wildman–Crippen MR) is 139 cm³/mol. The molecule has 3 aliphatic rings. The third kappa shape index (κ3) is 6.00. The average molecular weight is 452 g/mol.